The lowest BCUT2D eigenvalue weighted by Gasteiger charge is -2.41. The monoisotopic (exact) mass is 280 g/mol. The number of carbonyl (C=O) groups excluding carboxylic acids is 2. The van der Waals surface area contributed by atoms with E-state index in [-0.39, 0.29) is 18.4 Å². The Morgan fingerprint density at radius 3 is 2.68 bits per heavy atom. The molecule has 0 bridgehead atoms. The minimum atomic E-state index is -0.690. The molecule has 19 heavy (non-hydrogen) atoms. The highest BCUT2D eigenvalue weighted by Gasteiger charge is 2.43. The van der Waals surface area contributed by atoms with Crippen molar-refractivity contribution in [3.63, 3.8) is 0 Å². The van der Waals surface area contributed by atoms with E-state index in [4.69, 9.17) is 0 Å². The van der Waals surface area contributed by atoms with Gasteiger partial charge in [-0.2, -0.15) is 11.3 Å². The second kappa shape index (κ2) is 5.74. The van der Waals surface area contributed by atoms with E-state index in [2.05, 4.69) is 16.8 Å². The van der Waals surface area contributed by atoms with Gasteiger partial charge in [-0.1, -0.05) is 13.8 Å². The zero-order chi connectivity index (χ0) is 13.9. The van der Waals surface area contributed by atoms with Crippen LogP contribution in [0.5, 0.6) is 0 Å². The molecule has 1 aromatic heterocycles. The van der Waals surface area contributed by atoms with E-state index in [0.717, 1.165) is 6.42 Å². The van der Waals surface area contributed by atoms with E-state index in [1.807, 2.05) is 19.2 Å². The second-order valence-electron chi connectivity index (χ2n) is 4.95. The average molecular weight is 280 g/mol. The average Bonchev–Trinajstić information content (AvgIpc) is 2.92. The molecule has 0 unspecified atom stereocenters. The first-order chi connectivity index (χ1) is 9.11. The van der Waals surface area contributed by atoms with Crippen LogP contribution in [0.3, 0.4) is 0 Å². The number of amides is 2. The molecule has 0 aromatic carbocycles. The van der Waals surface area contributed by atoms with Crippen molar-refractivity contribution in [3.05, 3.63) is 22.4 Å². The molecule has 1 N–H and O–H groups in total. The van der Waals surface area contributed by atoms with Gasteiger partial charge < -0.3 is 10.2 Å². The summed E-state index contributed by atoms with van der Waals surface area (Å²) in [5.74, 6) is 0.0148. The lowest BCUT2D eigenvalue weighted by molar-refractivity contribution is -0.150. The van der Waals surface area contributed by atoms with E-state index in [9.17, 15) is 9.59 Å². The highest BCUT2D eigenvalue weighted by atomic mass is 32.1. The Morgan fingerprint density at radius 2 is 2.11 bits per heavy atom. The van der Waals surface area contributed by atoms with Crippen molar-refractivity contribution >= 4 is 23.2 Å². The van der Waals surface area contributed by atoms with E-state index in [1.54, 1.807) is 16.2 Å². The summed E-state index contributed by atoms with van der Waals surface area (Å²) >= 11 is 1.65. The Kier molecular flexibility index (Phi) is 4.24. The largest absolute Gasteiger partial charge is 0.340 e. The quantitative estimate of drug-likeness (QED) is 0.894. The lowest BCUT2D eigenvalue weighted by Crippen LogP contribution is -2.66. The van der Waals surface area contributed by atoms with Crippen LogP contribution in [0, 0.1) is 0 Å². The van der Waals surface area contributed by atoms with Crippen molar-refractivity contribution in [2.24, 2.45) is 0 Å². The zero-order valence-corrected chi connectivity index (χ0v) is 12.3. The third-order valence-electron chi connectivity index (χ3n) is 3.87. The van der Waals surface area contributed by atoms with Crippen LogP contribution in [0.15, 0.2) is 16.8 Å². The predicted molar refractivity (Wildman–Crippen MR) is 76.1 cm³/mol. The summed E-state index contributed by atoms with van der Waals surface area (Å²) in [6.45, 7) is 4.70. The number of rotatable bonds is 5. The molecular weight excluding hydrogens is 260 g/mol. The van der Waals surface area contributed by atoms with Crippen molar-refractivity contribution in [1.82, 2.24) is 10.2 Å². The molecule has 0 atom stereocenters. The number of hydrogen-bond acceptors (Lipinski definition) is 3. The Balaban J connectivity index is 2.07. The van der Waals surface area contributed by atoms with Gasteiger partial charge in [-0.25, -0.2) is 0 Å². The van der Waals surface area contributed by atoms with Crippen LogP contribution in [-0.2, 0) is 16.0 Å². The summed E-state index contributed by atoms with van der Waals surface area (Å²) < 4.78 is 0. The third kappa shape index (κ3) is 2.81. The summed E-state index contributed by atoms with van der Waals surface area (Å²) in [5, 5.41) is 6.99. The van der Waals surface area contributed by atoms with Crippen molar-refractivity contribution in [3.8, 4) is 0 Å². The number of thiophene rings is 1. The maximum atomic E-state index is 12.5. The van der Waals surface area contributed by atoms with Crippen molar-refractivity contribution in [2.75, 3.05) is 13.1 Å². The van der Waals surface area contributed by atoms with Gasteiger partial charge >= 0.3 is 0 Å². The minimum Gasteiger partial charge on any atom is -0.340 e. The molecule has 2 amide bonds. The molecule has 104 valence electrons. The summed E-state index contributed by atoms with van der Waals surface area (Å²) in [5.41, 5.74) is 0.534. The van der Waals surface area contributed by atoms with Crippen molar-refractivity contribution in [1.29, 1.82) is 0 Å². The molecule has 1 aliphatic rings. The van der Waals surface area contributed by atoms with Crippen LogP contribution in [0.1, 0.15) is 32.3 Å². The minimum absolute atomic E-state index is 0.0476. The van der Waals surface area contributed by atoms with Crippen LogP contribution >= 0.6 is 11.3 Å². The molecule has 0 aliphatic carbocycles. The molecule has 4 nitrogen and oxygen atoms in total. The third-order valence-corrected chi connectivity index (χ3v) is 4.60. The molecule has 1 aromatic rings. The fraction of sp³-hybridized carbons (Fsp3) is 0.571. The van der Waals surface area contributed by atoms with Gasteiger partial charge in [0, 0.05) is 6.54 Å². The molecule has 0 spiro atoms. The smallest absolute Gasteiger partial charge is 0.248 e. The molecular formula is C14H20N2O2S. The standard InChI is InChI=1S/C14H20N2O2S/c1-3-14(4-2)13(18)16(9-12(17)15-14)7-5-11-6-8-19-10-11/h6,8,10H,3-5,7,9H2,1-2H3,(H,15,17). The molecule has 2 rings (SSSR count). The molecule has 0 saturated carbocycles. The molecule has 2 heterocycles. The first-order valence-electron chi connectivity index (χ1n) is 6.72. The summed E-state index contributed by atoms with van der Waals surface area (Å²) in [7, 11) is 0. The van der Waals surface area contributed by atoms with Gasteiger partial charge in [0.2, 0.25) is 11.8 Å². The van der Waals surface area contributed by atoms with Gasteiger partial charge in [-0.05, 0) is 41.7 Å². The number of nitrogens with one attached hydrogen (secondary N) is 1. The lowest BCUT2D eigenvalue weighted by atomic mass is 9.89. The van der Waals surface area contributed by atoms with Gasteiger partial charge in [-0.3, -0.25) is 9.59 Å². The summed E-state index contributed by atoms with van der Waals surface area (Å²) in [4.78, 5) is 26.0. The first-order valence-corrected chi connectivity index (χ1v) is 7.67. The van der Waals surface area contributed by atoms with Crippen LogP contribution < -0.4 is 5.32 Å². The van der Waals surface area contributed by atoms with Gasteiger partial charge in [-0.15, -0.1) is 0 Å². The van der Waals surface area contributed by atoms with Crippen molar-refractivity contribution in [2.45, 2.75) is 38.6 Å². The van der Waals surface area contributed by atoms with Crippen LogP contribution in [0.25, 0.3) is 0 Å². The Morgan fingerprint density at radius 1 is 1.37 bits per heavy atom. The zero-order valence-electron chi connectivity index (χ0n) is 11.4. The highest BCUT2D eigenvalue weighted by Crippen LogP contribution is 2.22. The Hall–Kier alpha value is -1.36. The number of nitrogens with zero attached hydrogens (tertiary/aromatic N) is 1. The van der Waals surface area contributed by atoms with Crippen LogP contribution in [0.2, 0.25) is 0 Å². The Bertz CT molecular complexity index is 452. The summed E-state index contributed by atoms with van der Waals surface area (Å²) in [6, 6.07) is 2.06. The normalized spacial score (nSPS) is 18.5. The molecule has 0 radical (unpaired) electrons. The maximum Gasteiger partial charge on any atom is 0.248 e. The maximum absolute atomic E-state index is 12.5. The second-order valence-corrected chi connectivity index (χ2v) is 5.73. The van der Waals surface area contributed by atoms with E-state index >= 15 is 0 Å². The molecule has 1 aliphatic heterocycles. The molecule has 5 heteroatoms. The molecule has 1 saturated heterocycles. The molecule has 1 fully saturated rings. The fourth-order valence-corrected chi connectivity index (χ4v) is 3.22. The number of piperazine rings is 1. The van der Waals surface area contributed by atoms with E-state index in [1.165, 1.54) is 5.56 Å². The van der Waals surface area contributed by atoms with Crippen LogP contribution in [-0.4, -0.2) is 35.3 Å². The van der Waals surface area contributed by atoms with Crippen molar-refractivity contribution < 1.29 is 9.59 Å². The predicted octanol–water partition coefficient (Wildman–Crippen LogP) is 1.81. The number of carbonyl (C=O) groups is 2. The van der Waals surface area contributed by atoms with E-state index < -0.39 is 5.54 Å². The van der Waals surface area contributed by atoms with Gasteiger partial charge in [0.25, 0.3) is 0 Å². The van der Waals surface area contributed by atoms with Gasteiger partial charge in [0.1, 0.15) is 5.54 Å². The number of hydrogen-bond donors (Lipinski definition) is 1. The SMILES string of the molecule is CCC1(CC)NC(=O)CN(CCc2ccsc2)C1=O. The fourth-order valence-electron chi connectivity index (χ4n) is 2.52. The van der Waals surface area contributed by atoms with Crippen LogP contribution in [0.4, 0.5) is 0 Å². The van der Waals surface area contributed by atoms with Gasteiger partial charge in [0.15, 0.2) is 0 Å². The topological polar surface area (TPSA) is 49.4 Å². The van der Waals surface area contributed by atoms with E-state index in [0.29, 0.717) is 19.4 Å². The first kappa shape index (κ1) is 14.1. The highest BCUT2D eigenvalue weighted by molar-refractivity contribution is 7.07. The summed E-state index contributed by atoms with van der Waals surface area (Å²) in [6.07, 6.45) is 2.10. The van der Waals surface area contributed by atoms with Gasteiger partial charge in [0.05, 0.1) is 6.54 Å². The Labute approximate surface area is 117 Å².